The minimum absolute atomic E-state index is 0.0474. The summed E-state index contributed by atoms with van der Waals surface area (Å²) < 4.78 is 49.5. The fourth-order valence-electron chi connectivity index (χ4n) is 4.59. The van der Waals surface area contributed by atoms with Crippen LogP contribution in [0.5, 0.6) is 5.75 Å². The molecule has 2 aliphatic heterocycles. The molecule has 1 aromatic heterocycles. The van der Waals surface area contributed by atoms with Crippen molar-refractivity contribution in [1.82, 2.24) is 8.87 Å². The number of sulfonamides is 1. The van der Waals surface area contributed by atoms with Gasteiger partial charge in [0.25, 0.3) is 0 Å². The standard InChI is InChI=1S/C21H28FN5O5S/c1-12-11-32-21-19(25-5-8-33(30,31)26-6-3-2-4-7-26)17(22)18(24)16-14(28)9-13(10-15(23)29)27(12)20(16)21/h9,12,25H,2-8,10-11,24H2,1H3,(H2,23,29)/t12-/m0/s1. The van der Waals surface area contributed by atoms with Crippen LogP contribution < -0.4 is 26.9 Å². The van der Waals surface area contributed by atoms with Gasteiger partial charge >= 0.3 is 0 Å². The van der Waals surface area contributed by atoms with E-state index in [1.807, 2.05) is 6.92 Å². The number of carbonyl (C=O) groups excluding carboxylic acids is 1. The zero-order chi connectivity index (χ0) is 23.9. The molecule has 0 unspecified atom stereocenters. The number of carbonyl (C=O) groups is 1. The number of anilines is 2. The van der Waals surface area contributed by atoms with Gasteiger partial charge in [0.05, 0.1) is 34.8 Å². The molecule has 1 aromatic carbocycles. The summed E-state index contributed by atoms with van der Waals surface area (Å²) in [6.45, 7) is 2.88. The molecule has 0 spiro atoms. The molecule has 0 radical (unpaired) electrons. The number of benzene rings is 1. The Kier molecular flexibility index (Phi) is 6.23. The van der Waals surface area contributed by atoms with Gasteiger partial charge in [0, 0.05) is 31.4 Å². The summed E-state index contributed by atoms with van der Waals surface area (Å²) >= 11 is 0. The van der Waals surface area contributed by atoms with Crippen LogP contribution in [0.15, 0.2) is 10.9 Å². The Hall–Kier alpha value is -2.86. The molecule has 0 saturated carbocycles. The number of hydrogen-bond acceptors (Lipinski definition) is 7. The van der Waals surface area contributed by atoms with Crippen LogP contribution in [0.3, 0.4) is 0 Å². The molecule has 12 heteroatoms. The molecule has 33 heavy (non-hydrogen) atoms. The van der Waals surface area contributed by atoms with Crippen molar-refractivity contribution in [2.45, 2.75) is 38.6 Å². The Bertz CT molecular complexity index is 1270. The summed E-state index contributed by atoms with van der Waals surface area (Å²) in [5, 5.41) is 2.78. The molecule has 1 saturated heterocycles. The van der Waals surface area contributed by atoms with Crippen LogP contribution in [0.1, 0.15) is 37.9 Å². The molecular formula is C21H28FN5O5S. The SMILES string of the molecule is C[C@H]1COc2c(NCCS(=O)(=O)N3CCCCC3)c(F)c(N)c3c(=O)cc(CC(N)=O)n1c23. The predicted molar refractivity (Wildman–Crippen MR) is 123 cm³/mol. The number of hydrogen-bond donors (Lipinski definition) is 3. The van der Waals surface area contributed by atoms with Crippen molar-refractivity contribution >= 4 is 38.2 Å². The Labute approximate surface area is 190 Å². The number of primary amides is 1. The van der Waals surface area contributed by atoms with Crippen molar-refractivity contribution in [3.05, 3.63) is 27.8 Å². The summed E-state index contributed by atoms with van der Waals surface area (Å²) in [6.07, 6.45) is 2.47. The summed E-state index contributed by atoms with van der Waals surface area (Å²) in [4.78, 5) is 24.3. The Morgan fingerprint density at radius 3 is 2.67 bits per heavy atom. The van der Waals surface area contributed by atoms with Crippen molar-refractivity contribution in [3.8, 4) is 5.75 Å². The van der Waals surface area contributed by atoms with E-state index in [1.54, 1.807) is 4.57 Å². The molecule has 2 aliphatic rings. The van der Waals surface area contributed by atoms with Gasteiger partial charge in [-0.05, 0) is 19.8 Å². The lowest BCUT2D eigenvalue weighted by atomic mass is 10.0. The van der Waals surface area contributed by atoms with Crippen LogP contribution in [0, 0.1) is 5.82 Å². The summed E-state index contributed by atoms with van der Waals surface area (Å²) in [6, 6.07) is 0.972. The van der Waals surface area contributed by atoms with E-state index in [0.717, 1.165) is 19.3 Å². The highest BCUT2D eigenvalue weighted by Gasteiger charge is 2.31. The third kappa shape index (κ3) is 4.24. The molecule has 1 fully saturated rings. The Morgan fingerprint density at radius 2 is 2.00 bits per heavy atom. The first-order valence-electron chi connectivity index (χ1n) is 10.9. The molecule has 4 rings (SSSR count). The largest absolute Gasteiger partial charge is 0.487 e. The van der Waals surface area contributed by atoms with Gasteiger partial charge in [0.1, 0.15) is 12.3 Å². The minimum Gasteiger partial charge on any atom is -0.487 e. The molecule has 1 atom stereocenters. The van der Waals surface area contributed by atoms with Crippen molar-refractivity contribution in [2.24, 2.45) is 5.73 Å². The van der Waals surface area contributed by atoms with E-state index < -0.39 is 27.2 Å². The van der Waals surface area contributed by atoms with E-state index in [9.17, 15) is 18.0 Å². The average Bonchev–Trinajstić information content (AvgIpc) is 2.76. The number of nitrogens with zero attached hydrogens (tertiary/aromatic N) is 2. The van der Waals surface area contributed by atoms with E-state index in [0.29, 0.717) is 18.8 Å². The van der Waals surface area contributed by atoms with Crippen molar-refractivity contribution < 1.29 is 22.3 Å². The van der Waals surface area contributed by atoms with E-state index in [2.05, 4.69) is 5.32 Å². The van der Waals surface area contributed by atoms with Gasteiger partial charge in [0.15, 0.2) is 17.0 Å². The smallest absolute Gasteiger partial charge is 0.223 e. The monoisotopic (exact) mass is 481 g/mol. The van der Waals surface area contributed by atoms with Gasteiger partial charge in [-0.1, -0.05) is 6.42 Å². The van der Waals surface area contributed by atoms with Crippen LogP contribution in [-0.2, 0) is 21.2 Å². The average molecular weight is 482 g/mol. The summed E-state index contributed by atoms with van der Waals surface area (Å²) in [7, 11) is -3.50. The first-order chi connectivity index (χ1) is 15.6. The third-order valence-electron chi connectivity index (χ3n) is 6.13. The predicted octanol–water partition coefficient (Wildman–Crippen LogP) is 0.932. The number of piperidine rings is 1. The lowest BCUT2D eigenvalue weighted by molar-refractivity contribution is -0.117. The van der Waals surface area contributed by atoms with E-state index in [-0.39, 0.29) is 59.4 Å². The number of nitrogens with one attached hydrogen (secondary N) is 1. The molecule has 180 valence electrons. The number of nitrogens with two attached hydrogens (primary N) is 2. The Balaban J connectivity index is 1.74. The number of rotatable bonds is 7. The number of amides is 1. The molecule has 1 amide bonds. The number of nitrogen functional groups attached to an aromatic ring is 1. The van der Waals surface area contributed by atoms with Crippen LogP contribution in [-0.4, -0.2) is 55.2 Å². The Morgan fingerprint density at radius 1 is 1.30 bits per heavy atom. The van der Waals surface area contributed by atoms with Gasteiger partial charge in [0.2, 0.25) is 15.9 Å². The van der Waals surface area contributed by atoms with Gasteiger partial charge < -0.3 is 26.1 Å². The highest BCUT2D eigenvalue weighted by Crippen LogP contribution is 2.43. The first-order valence-corrected chi connectivity index (χ1v) is 12.5. The van der Waals surface area contributed by atoms with Gasteiger partial charge in [-0.15, -0.1) is 0 Å². The van der Waals surface area contributed by atoms with E-state index in [1.165, 1.54) is 10.4 Å². The van der Waals surface area contributed by atoms with Crippen LogP contribution in [0.2, 0.25) is 0 Å². The van der Waals surface area contributed by atoms with Gasteiger partial charge in [-0.3, -0.25) is 9.59 Å². The molecule has 0 bridgehead atoms. The molecule has 10 nitrogen and oxygen atoms in total. The molecule has 3 heterocycles. The maximum atomic E-state index is 15.2. The lowest BCUT2D eigenvalue weighted by Gasteiger charge is -2.31. The number of halogens is 1. The topological polar surface area (TPSA) is 150 Å². The van der Waals surface area contributed by atoms with Crippen LogP contribution >= 0.6 is 0 Å². The van der Waals surface area contributed by atoms with Crippen LogP contribution in [0.25, 0.3) is 10.9 Å². The second-order valence-electron chi connectivity index (χ2n) is 8.53. The van der Waals surface area contributed by atoms with E-state index in [4.69, 9.17) is 16.2 Å². The second-order valence-corrected chi connectivity index (χ2v) is 10.6. The maximum absolute atomic E-state index is 15.2. The normalized spacial score (nSPS) is 18.8. The zero-order valence-corrected chi connectivity index (χ0v) is 19.2. The second kappa shape index (κ2) is 8.82. The van der Waals surface area contributed by atoms with Gasteiger partial charge in [-0.2, -0.15) is 0 Å². The maximum Gasteiger partial charge on any atom is 0.223 e. The highest BCUT2D eigenvalue weighted by molar-refractivity contribution is 7.89. The highest BCUT2D eigenvalue weighted by atomic mass is 32.2. The first kappa shape index (κ1) is 23.3. The molecule has 5 N–H and O–H groups in total. The zero-order valence-electron chi connectivity index (χ0n) is 18.4. The summed E-state index contributed by atoms with van der Waals surface area (Å²) in [5.41, 5.74) is 11.0. The van der Waals surface area contributed by atoms with Crippen molar-refractivity contribution in [2.75, 3.05) is 43.0 Å². The fourth-order valence-corrected chi connectivity index (χ4v) is 6.02. The third-order valence-corrected chi connectivity index (χ3v) is 8.01. The minimum atomic E-state index is -3.50. The van der Waals surface area contributed by atoms with Gasteiger partial charge in [-0.25, -0.2) is 17.1 Å². The molecule has 2 aromatic rings. The number of ether oxygens (including phenoxy) is 1. The quantitative estimate of drug-likeness (QED) is 0.498. The fraction of sp³-hybridized carbons (Fsp3) is 0.524. The van der Waals surface area contributed by atoms with Crippen LogP contribution in [0.4, 0.5) is 15.8 Å². The van der Waals surface area contributed by atoms with Crippen molar-refractivity contribution in [3.63, 3.8) is 0 Å². The van der Waals surface area contributed by atoms with Crippen molar-refractivity contribution in [1.29, 1.82) is 0 Å². The molecular weight excluding hydrogens is 453 g/mol. The number of aromatic nitrogens is 1. The molecule has 0 aliphatic carbocycles. The summed E-state index contributed by atoms with van der Waals surface area (Å²) in [5.74, 6) is -1.66. The lowest BCUT2D eigenvalue weighted by Crippen LogP contribution is -2.38. The van der Waals surface area contributed by atoms with E-state index >= 15 is 4.39 Å². The number of pyridine rings is 1.